The highest BCUT2D eigenvalue weighted by Gasteiger charge is 2.04. The Balaban J connectivity index is 2.63. The predicted octanol–water partition coefficient (Wildman–Crippen LogP) is 5.03. The quantitative estimate of drug-likeness (QED) is 0.725. The van der Waals surface area contributed by atoms with Gasteiger partial charge in [0.15, 0.2) is 0 Å². The molecule has 0 unspecified atom stereocenters. The SMILES string of the molecule is CC/C(=C/c1ccc(Br)c2cccnc12)CCl. The van der Waals surface area contributed by atoms with Crippen LogP contribution in [0.25, 0.3) is 17.0 Å². The molecule has 0 aliphatic rings. The third-order valence-electron chi connectivity index (χ3n) is 2.73. The lowest BCUT2D eigenvalue weighted by molar-refractivity contribution is 1.12. The summed E-state index contributed by atoms with van der Waals surface area (Å²) in [6.07, 6.45) is 4.92. The molecule has 3 heteroatoms. The lowest BCUT2D eigenvalue weighted by Crippen LogP contribution is -1.87. The van der Waals surface area contributed by atoms with Crippen molar-refractivity contribution in [1.29, 1.82) is 0 Å². The van der Waals surface area contributed by atoms with Crippen LogP contribution in [0.3, 0.4) is 0 Å². The van der Waals surface area contributed by atoms with E-state index in [0.717, 1.165) is 27.4 Å². The summed E-state index contributed by atoms with van der Waals surface area (Å²) >= 11 is 9.45. The molecule has 2 rings (SSSR count). The number of fused-ring (bicyclic) bond motifs is 1. The summed E-state index contributed by atoms with van der Waals surface area (Å²) in [5.74, 6) is 0.570. The second-order valence-corrected chi connectivity index (χ2v) is 4.95. The first-order chi connectivity index (χ1) is 8.26. The topological polar surface area (TPSA) is 12.9 Å². The molecule has 0 amide bonds. The summed E-state index contributed by atoms with van der Waals surface area (Å²) in [6.45, 7) is 2.11. The first-order valence-corrected chi connectivity index (χ1v) is 6.87. The minimum absolute atomic E-state index is 0.570. The molecule has 88 valence electrons. The van der Waals surface area contributed by atoms with Crippen molar-refractivity contribution in [3.05, 3.63) is 46.1 Å². The zero-order valence-corrected chi connectivity index (χ0v) is 11.9. The van der Waals surface area contributed by atoms with Crippen LogP contribution in [0.15, 0.2) is 40.5 Å². The van der Waals surface area contributed by atoms with Gasteiger partial charge >= 0.3 is 0 Å². The summed E-state index contributed by atoms with van der Waals surface area (Å²) in [5, 5.41) is 1.13. The molecule has 2 aromatic rings. The molecule has 1 aromatic carbocycles. The van der Waals surface area contributed by atoms with E-state index < -0.39 is 0 Å². The fourth-order valence-electron chi connectivity index (χ4n) is 1.73. The van der Waals surface area contributed by atoms with Crippen molar-refractivity contribution in [2.24, 2.45) is 0 Å². The largest absolute Gasteiger partial charge is 0.256 e. The molecule has 0 N–H and O–H groups in total. The summed E-state index contributed by atoms with van der Waals surface area (Å²) < 4.78 is 1.07. The zero-order valence-electron chi connectivity index (χ0n) is 9.58. The third-order valence-corrected chi connectivity index (χ3v) is 3.77. The summed E-state index contributed by atoms with van der Waals surface area (Å²) in [6, 6.07) is 8.14. The van der Waals surface area contributed by atoms with E-state index in [1.165, 1.54) is 5.57 Å². The average Bonchev–Trinajstić information content (AvgIpc) is 2.38. The van der Waals surface area contributed by atoms with Gasteiger partial charge in [-0.1, -0.05) is 46.6 Å². The van der Waals surface area contributed by atoms with E-state index in [4.69, 9.17) is 11.6 Å². The van der Waals surface area contributed by atoms with E-state index in [1.54, 1.807) is 0 Å². The monoisotopic (exact) mass is 309 g/mol. The van der Waals surface area contributed by atoms with Crippen molar-refractivity contribution in [2.75, 3.05) is 5.88 Å². The van der Waals surface area contributed by atoms with Gasteiger partial charge in [-0.25, -0.2) is 0 Å². The van der Waals surface area contributed by atoms with E-state index in [-0.39, 0.29) is 0 Å². The van der Waals surface area contributed by atoms with Crippen molar-refractivity contribution in [1.82, 2.24) is 4.98 Å². The van der Waals surface area contributed by atoms with Gasteiger partial charge in [-0.2, -0.15) is 0 Å². The van der Waals surface area contributed by atoms with E-state index in [2.05, 4.69) is 52.1 Å². The Morgan fingerprint density at radius 2 is 2.24 bits per heavy atom. The Morgan fingerprint density at radius 1 is 1.41 bits per heavy atom. The van der Waals surface area contributed by atoms with Gasteiger partial charge in [-0.3, -0.25) is 4.98 Å². The van der Waals surface area contributed by atoms with Crippen LogP contribution >= 0.6 is 27.5 Å². The molecule has 0 bridgehead atoms. The first kappa shape index (κ1) is 12.6. The van der Waals surface area contributed by atoms with Crippen LogP contribution in [-0.4, -0.2) is 10.9 Å². The molecule has 0 spiro atoms. The smallest absolute Gasteiger partial charge is 0.0785 e. The molecule has 0 atom stereocenters. The van der Waals surface area contributed by atoms with Crippen molar-refractivity contribution in [3.63, 3.8) is 0 Å². The number of rotatable bonds is 3. The van der Waals surface area contributed by atoms with Crippen LogP contribution in [0.2, 0.25) is 0 Å². The predicted molar refractivity (Wildman–Crippen MR) is 78.4 cm³/mol. The molecule has 17 heavy (non-hydrogen) atoms. The molecule has 1 nitrogen and oxygen atoms in total. The highest BCUT2D eigenvalue weighted by atomic mass is 79.9. The lowest BCUT2D eigenvalue weighted by Gasteiger charge is -2.05. The number of halogens is 2. The van der Waals surface area contributed by atoms with Gasteiger partial charge in [0.05, 0.1) is 5.52 Å². The maximum Gasteiger partial charge on any atom is 0.0785 e. The van der Waals surface area contributed by atoms with Gasteiger partial charge in [-0.15, -0.1) is 11.6 Å². The van der Waals surface area contributed by atoms with Gasteiger partial charge in [-0.05, 0) is 18.6 Å². The second-order valence-electron chi connectivity index (χ2n) is 3.83. The minimum Gasteiger partial charge on any atom is -0.256 e. The number of aromatic nitrogens is 1. The minimum atomic E-state index is 0.570. The van der Waals surface area contributed by atoms with E-state index in [1.807, 2.05) is 12.3 Å². The Labute approximate surface area is 115 Å². The molecule has 1 heterocycles. The highest BCUT2D eigenvalue weighted by Crippen LogP contribution is 2.26. The van der Waals surface area contributed by atoms with E-state index >= 15 is 0 Å². The average molecular weight is 311 g/mol. The number of allylic oxidation sites excluding steroid dienone is 1. The maximum absolute atomic E-state index is 5.90. The standard InChI is InChI=1S/C14H13BrClN/c1-2-10(9-16)8-11-5-6-13(15)12-4-3-7-17-14(11)12/h3-8H,2,9H2,1H3/b10-8-. The Hall–Kier alpha value is -0.860. The Bertz CT molecular complexity index is 557. The van der Waals surface area contributed by atoms with E-state index in [9.17, 15) is 0 Å². The molecule has 0 aliphatic carbocycles. The fourth-order valence-corrected chi connectivity index (χ4v) is 2.45. The highest BCUT2D eigenvalue weighted by molar-refractivity contribution is 9.10. The summed E-state index contributed by atoms with van der Waals surface area (Å²) in [5.41, 5.74) is 3.36. The molecule has 1 aromatic heterocycles. The lowest BCUT2D eigenvalue weighted by atomic mass is 10.1. The first-order valence-electron chi connectivity index (χ1n) is 5.55. The molecule has 0 saturated carbocycles. The van der Waals surface area contributed by atoms with Gasteiger partial charge < -0.3 is 0 Å². The molecular weight excluding hydrogens is 298 g/mol. The van der Waals surface area contributed by atoms with Crippen LogP contribution < -0.4 is 0 Å². The maximum atomic E-state index is 5.90. The molecule has 0 radical (unpaired) electrons. The fraction of sp³-hybridized carbons (Fsp3) is 0.214. The van der Waals surface area contributed by atoms with Gasteiger partial charge in [0, 0.05) is 27.5 Å². The molecule has 0 aliphatic heterocycles. The molecule has 0 saturated heterocycles. The van der Waals surface area contributed by atoms with Crippen LogP contribution in [0.5, 0.6) is 0 Å². The number of alkyl halides is 1. The van der Waals surface area contributed by atoms with Crippen LogP contribution in [0.1, 0.15) is 18.9 Å². The van der Waals surface area contributed by atoms with Crippen molar-refractivity contribution in [3.8, 4) is 0 Å². The Kier molecular flexibility index (Phi) is 4.19. The number of hydrogen-bond donors (Lipinski definition) is 0. The van der Waals surface area contributed by atoms with Crippen molar-refractivity contribution >= 4 is 44.5 Å². The number of hydrogen-bond acceptors (Lipinski definition) is 1. The summed E-state index contributed by atoms with van der Waals surface area (Å²) in [4.78, 5) is 4.45. The van der Waals surface area contributed by atoms with Gasteiger partial charge in [0.25, 0.3) is 0 Å². The third kappa shape index (κ3) is 2.70. The van der Waals surface area contributed by atoms with Crippen LogP contribution in [-0.2, 0) is 0 Å². The summed E-state index contributed by atoms with van der Waals surface area (Å²) in [7, 11) is 0. The van der Waals surface area contributed by atoms with Crippen LogP contribution in [0.4, 0.5) is 0 Å². The van der Waals surface area contributed by atoms with Crippen molar-refractivity contribution in [2.45, 2.75) is 13.3 Å². The normalized spacial score (nSPS) is 12.1. The van der Waals surface area contributed by atoms with Gasteiger partial charge in [0.2, 0.25) is 0 Å². The number of nitrogens with zero attached hydrogens (tertiary/aromatic N) is 1. The van der Waals surface area contributed by atoms with E-state index in [0.29, 0.717) is 5.88 Å². The second kappa shape index (κ2) is 5.65. The van der Waals surface area contributed by atoms with Crippen LogP contribution in [0, 0.1) is 0 Å². The zero-order chi connectivity index (χ0) is 12.3. The number of benzene rings is 1. The van der Waals surface area contributed by atoms with Gasteiger partial charge in [0.1, 0.15) is 0 Å². The molecule has 0 fully saturated rings. The Morgan fingerprint density at radius 3 is 2.94 bits per heavy atom. The van der Waals surface area contributed by atoms with Crippen molar-refractivity contribution < 1.29 is 0 Å². The molecular formula is C14H13BrClN. The number of pyridine rings is 1.